The highest BCUT2D eigenvalue weighted by Gasteiger charge is 2.59. The Bertz CT molecular complexity index is 689. The molecule has 7 unspecified atom stereocenters. The third-order valence-corrected chi connectivity index (χ3v) is 9.04. The highest BCUT2D eigenvalue weighted by atomic mass is 16.5. The van der Waals surface area contributed by atoms with Gasteiger partial charge in [-0.05, 0) is 86.9 Å². The van der Waals surface area contributed by atoms with Gasteiger partial charge in [0, 0.05) is 25.0 Å². The average Bonchev–Trinajstić information content (AvgIpc) is 2.96. The number of hydrazone groups is 1. The van der Waals surface area contributed by atoms with Crippen molar-refractivity contribution in [1.82, 2.24) is 5.43 Å². The third-order valence-electron chi connectivity index (χ3n) is 9.04. The summed E-state index contributed by atoms with van der Waals surface area (Å²) in [7, 11) is 0. The fraction of sp³-hybridized carbons (Fsp3) is 0.870. The summed E-state index contributed by atoms with van der Waals surface area (Å²) in [6.07, 6.45) is 10.6. The number of amides is 1. The van der Waals surface area contributed by atoms with E-state index in [4.69, 9.17) is 4.74 Å². The van der Waals surface area contributed by atoms with E-state index in [2.05, 4.69) is 24.4 Å². The number of rotatable bonds is 2. The van der Waals surface area contributed by atoms with Crippen LogP contribution in [0, 0.1) is 34.5 Å². The highest BCUT2D eigenvalue weighted by Crippen LogP contribution is 2.65. The van der Waals surface area contributed by atoms with Gasteiger partial charge in [-0.3, -0.25) is 9.59 Å². The van der Waals surface area contributed by atoms with Crippen molar-refractivity contribution in [3.05, 3.63) is 0 Å². The zero-order chi connectivity index (χ0) is 20.1. The van der Waals surface area contributed by atoms with Gasteiger partial charge in [-0.2, -0.15) is 5.10 Å². The average molecular weight is 389 g/mol. The van der Waals surface area contributed by atoms with Crippen molar-refractivity contribution < 1.29 is 14.3 Å². The molecule has 4 saturated carbocycles. The fourth-order valence-corrected chi connectivity index (χ4v) is 7.68. The first kappa shape index (κ1) is 19.9. The van der Waals surface area contributed by atoms with Crippen LogP contribution in [0.3, 0.4) is 0 Å². The minimum absolute atomic E-state index is 0.0780. The Morgan fingerprint density at radius 3 is 2.54 bits per heavy atom. The van der Waals surface area contributed by atoms with Crippen molar-refractivity contribution >= 4 is 17.6 Å². The van der Waals surface area contributed by atoms with Crippen molar-refractivity contribution in [2.24, 2.45) is 39.6 Å². The first-order valence-corrected chi connectivity index (χ1v) is 11.2. The molecule has 4 aliphatic rings. The second-order valence-electron chi connectivity index (χ2n) is 10.4. The number of ether oxygens (including phenoxy) is 1. The van der Waals surface area contributed by atoms with Crippen molar-refractivity contribution in [3.63, 3.8) is 0 Å². The van der Waals surface area contributed by atoms with Crippen LogP contribution in [0.4, 0.5) is 0 Å². The van der Waals surface area contributed by atoms with E-state index in [1.54, 1.807) is 0 Å². The molecule has 5 heteroatoms. The molecule has 0 heterocycles. The number of hydrogen-bond acceptors (Lipinski definition) is 4. The molecular weight excluding hydrogens is 352 g/mol. The van der Waals surface area contributed by atoms with Crippen LogP contribution in [0.1, 0.15) is 85.5 Å². The fourth-order valence-electron chi connectivity index (χ4n) is 7.68. The van der Waals surface area contributed by atoms with Gasteiger partial charge in [-0.15, -0.1) is 0 Å². The van der Waals surface area contributed by atoms with Crippen molar-refractivity contribution in [3.8, 4) is 0 Å². The van der Waals surface area contributed by atoms with Gasteiger partial charge in [0.05, 0.1) is 0 Å². The number of carbonyl (C=O) groups excluding carboxylic acids is 2. The first-order valence-electron chi connectivity index (χ1n) is 11.2. The minimum Gasteiger partial charge on any atom is -0.463 e. The zero-order valence-corrected chi connectivity index (χ0v) is 17.9. The standard InChI is InChI=1S/C23H36N2O3/c1-14(26)24-25-21-8-7-19-18-6-5-16-13-17(28-15(2)27)9-11-22(16,3)20(18)10-12-23(19,21)4/h16-20H,5-13H2,1-4H3,(H,24,26). The lowest BCUT2D eigenvalue weighted by atomic mass is 9.45. The number of hydrogen-bond donors (Lipinski definition) is 1. The second-order valence-corrected chi connectivity index (χ2v) is 10.4. The molecule has 0 aliphatic heterocycles. The SMILES string of the molecule is CC(=O)NN=C1CCC2C3CCC4CC(OC(C)=O)CCC4(C)C3CCC12C. The van der Waals surface area contributed by atoms with E-state index in [9.17, 15) is 9.59 Å². The molecule has 0 radical (unpaired) electrons. The van der Waals surface area contributed by atoms with Crippen LogP contribution < -0.4 is 5.43 Å². The maximum atomic E-state index is 11.4. The number of nitrogens with zero attached hydrogens (tertiary/aromatic N) is 1. The maximum absolute atomic E-state index is 11.4. The van der Waals surface area contributed by atoms with E-state index in [0.29, 0.717) is 17.3 Å². The number of nitrogens with one attached hydrogen (secondary N) is 1. The van der Waals surface area contributed by atoms with E-state index in [1.807, 2.05) is 0 Å². The molecule has 0 saturated heterocycles. The van der Waals surface area contributed by atoms with Crippen LogP contribution in [-0.4, -0.2) is 23.7 Å². The van der Waals surface area contributed by atoms with Crippen molar-refractivity contribution in [2.45, 2.75) is 91.6 Å². The number of fused-ring (bicyclic) bond motifs is 5. The van der Waals surface area contributed by atoms with Crippen molar-refractivity contribution in [2.75, 3.05) is 0 Å². The van der Waals surface area contributed by atoms with Crippen LogP contribution in [0.2, 0.25) is 0 Å². The summed E-state index contributed by atoms with van der Waals surface area (Å²) >= 11 is 0. The summed E-state index contributed by atoms with van der Waals surface area (Å²) in [5.74, 6) is 2.73. The van der Waals surface area contributed by atoms with Gasteiger partial charge in [-0.1, -0.05) is 13.8 Å². The van der Waals surface area contributed by atoms with Gasteiger partial charge in [0.15, 0.2) is 0 Å². The molecule has 156 valence electrons. The quantitative estimate of drug-likeness (QED) is 0.561. The van der Waals surface area contributed by atoms with E-state index < -0.39 is 0 Å². The molecule has 7 atom stereocenters. The van der Waals surface area contributed by atoms with Crippen molar-refractivity contribution in [1.29, 1.82) is 0 Å². The Balaban J connectivity index is 1.52. The Kier molecular flexibility index (Phi) is 5.08. The molecule has 5 nitrogen and oxygen atoms in total. The van der Waals surface area contributed by atoms with Crippen LogP contribution in [0.25, 0.3) is 0 Å². The Morgan fingerprint density at radius 1 is 1.04 bits per heavy atom. The van der Waals surface area contributed by atoms with Crippen LogP contribution in [0.15, 0.2) is 5.10 Å². The third kappa shape index (κ3) is 3.19. The van der Waals surface area contributed by atoms with E-state index in [1.165, 1.54) is 58.1 Å². The molecular formula is C23H36N2O3. The van der Waals surface area contributed by atoms with E-state index in [0.717, 1.165) is 31.1 Å². The Labute approximate surface area is 169 Å². The van der Waals surface area contributed by atoms with E-state index >= 15 is 0 Å². The normalized spacial score (nSPS) is 46.3. The van der Waals surface area contributed by atoms with E-state index in [-0.39, 0.29) is 23.4 Å². The lowest BCUT2D eigenvalue weighted by Gasteiger charge is -2.60. The van der Waals surface area contributed by atoms with Gasteiger partial charge in [0.2, 0.25) is 5.91 Å². The molecule has 28 heavy (non-hydrogen) atoms. The molecule has 0 spiro atoms. The topological polar surface area (TPSA) is 67.8 Å². The van der Waals surface area contributed by atoms with Gasteiger partial charge in [-0.25, -0.2) is 5.43 Å². The summed E-state index contributed by atoms with van der Waals surface area (Å²) in [4.78, 5) is 22.7. The van der Waals surface area contributed by atoms with Gasteiger partial charge in [0.1, 0.15) is 6.10 Å². The molecule has 4 fully saturated rings. The van der Waals surface area contributed by atoms with Gasteiger partial charge >= 0.3 is 5.97 Å². The maximum Gasteiger partial charge on any atom is 0.302 e. The predicted octanol–water partition coefficient (Wildman–Crippen LogP) is 4.45. The Morgan fingerprint density at radius 2 is 1.82 bits per heavy atom. The molecule has 4 aliphatic carbocycles. The molecule has 1 N–H and O–H groups in total. The molecule has 0 aromatic rings. The van der Waals surface area contributed by atoms with Gasteiger partial charge in [0.25, 0.3) is 0 Å². The predicted molar refractivity (Wildman–Crippen MR) is 109 cm³/mol. The number of esters is 1. The Hall–Kier alpha value is -1.39. The lowest BCUT2D eigenvalue weighted by Crippen LogP contribution is -2.54. The molecule has 0 bridgehead atoms. The summed E-state index contributed by atoms with van der Waals surface area (Å²) in [5.41, 5.74) is 4.46. The molecule has 1 amide bonds. The zero-order valence-electron chi connectivity index (χ0n) is 17.9. The first-order chi connectivity index (χ1) is 13.2. The van der Waals surface area contributed by atoms with Crippen LogP contribution in [-0.2, 0) is 14.3 Å². The molecule has 0 aromatic carbocycles. The minimum atomic E-state index is -0.132. The summed E-state index contributed by atoms with van der Waals surface area (Å²) < 4.78 is 5.58. The summed E-state index contributed by atoms with van der Waals surface area (Å²) in [6.45, 7) is 7.99. The highest BCUT2D eigenvalue weighted by molar-refractivity contribution is 5.93. The summed E-state index contributed by atoms with van der Waals surface area (Å²) in [5, 5.41) is 4.52. The molecule has 0 aromatic heterocycles. The monoisotopic (exact) mass is 388 g/mol. The smallest absolute Gasteiger partial charge is 0.302 e. The van der Waals surface area contributed by atoms with Gasteiger partial charge < -0.3 is 4.74 Å². The number of carbonyl (C=O) groups is 2. The van der Waals surface area contributed by atoms with Crippen LogP contribution >= 0.6 is 0 Å². The largest absolute Gasteiger partial charge is 0.463 e. The second kappa shape index (κ2) is 7.14. The lowest BCUT2D eigenvalue weighted by molar-refractivity contribution is -0.158. The summed E-state index contributed by atoms with van der Waals surface area (Å²) in [6, 6.07) is 0. The van der Waals surface area contributed by atoms with Crippen LogP contribution in [0.5, 0.6) is 0 Å². The molecule has 4 rings (SSSR count).